The van der Waals surface area contributed by atoms with Crippen molar-refractivity contribution in [3.8, 4) is 0 Å². The zero-order valence-electron chi connectivity index (χ0n) is 23.9. The molecule has 1 amide bonds. The first-order valence-electron chi connectivity index (χ1n) is 13.5. The summed E-state index contributed by atoms with van der Waals surface area (Å²) in [4.78, 5) is 45.6. The Kier molecular flexibility index (Phi) is 8.34. The van der Waals surface area contributed by atoms with E-state index in [9.17, 15) is 22.4 Å². The number of aromatic nitrogens is 5. The Morgan fingerprint density at radius 1 is 1.14 bits per heavy atom. The number of carbonyl (C=O) groups excluding carboxylic acids is 1. The maximum Gasteiger partial charge on any atom is 0.285 e. The van der Waals surface area contributed by atoms with Crippen LogP contribution in [0.1, 0.15) is 59.2 Å². The SMILES string of the molecule is Cc1cc([C@@H](C)Nc2ccc(Cl)nc2C(=O)NS(C)(=O)=O)c2nc(N3CCC(c4ncc(F)cn4)CC3)n(C)c(=O)c2c1. The Bertz CT molecular complexity index is 1880. The van der Waals surface area contributed by atoms with Crippen LogP contribution in [0.25, 0.3) is 10.9 Å². The predicted octanol–water partition coefficient (Wildman–Crippen LogP) is 3.47. The molecule has 3 aromatic heterocycles. The molecule has 0 bridgehead atoms. The van der Waals surface area contributed by atoms with Gasteiger partial charge in [-0.05, 0) is 50.5 Å². The predicted molar refractivity (Wildman–Crippen MR) is 161 cm³/mol. The minimum Gasteiger partial charge on any atom is -0.377 e. The van der Waals surface area contributed by atoms with Gasteiger partial charge >= 0.3 is 0 Å². The van der Waals surface area contributed by atoms with Crippen LogP contribution in [0.3, 0.4) is 0 Å². The van der Waals surface area contributed by atoms with Gasteiger partial charge in [0, 0.05) is 31.6 Å². The molecule has 1 aromatic carbocycles. The van der Waals surface area contributed by atoms with E-state index in [4.69, 9.17) is 16.6 Å². The number of rotatable bonds is 7. The molecule has 0 unspecified atom stereocenters. The smallest absolute Gasteiger partial charge is 0.285 e. The van der Waals surface area contributed by atoms with Crippen LogP contribution in [0.2, 0.25) is 5.15 Å². The number of nitrogens with zero attached hydrogens (tertiary/aromatic N) is 6. The van der Waals surface area contributed by atoms with Crippen molar-refractivity contribution in [1.82, 2.24) is 29.2 Å². The maximum atomic E-state index is 13.6. The van der Waals surface area contributed by atoms with E-state index in [0.717, 1.165) is 11.8 Å². The number of hydrogen-bond donors (Lipinski definition) is 2. The number of aryl methyl sites for hydroxylation is 1. The zero-order chi connectivity index (χ0) is 31.1. The van der Waals surface area contributed by atoms with Gasteiger partial charge in [-0.3, -0.25) is 14.2 Å². The van der Waals surface area contributed by atoms with Gasteiger partial charge in [0.05, 0.1) is 41.3 Å². The molecule has 2 N–H and O–H groups in total. The summed E-state index contributed by atoms with van der Waals surface area (Å²) in [6, 6.07) is 6.23. The van der Waals surface area contributed by atoms with Crippen molar-refractivity contribution in [1.29, 1.82) is 0 Å². The highest BCUT2D eigenvalue weighted by Gasteiger charge is 2.27. The van der Waals surface area contributed by atoms with Crippen molar-refractivity contribution >= 4 is 50.1 Å². The van der Waals surface area contributed by atoms with E-state index < -0.39 is 27.8 Å². The van der Waals surface area contributed by atoms with Crippen LogP contribution in [0.4, 0.5) is 16.0 Å². The molecular formula is C28H30ClFN8O4S. The average molecular weight is 629 g/mol. The lowest BCUT2D eigenvalue weighted by atomic mass is 9.96. The average Bonchev–Trinajstić information content (AvgIpc) is 2.95. The summed E-state index contributed by atoms with van der Waals surface area (Å²) < 4.78 is 40.1. The van der Waals surface area contributed by atoms with Gasteiger partial charge in [0.15, 0.2) is 11.5 Å². The van der Waals surface area contributed by atoms with Gasteiger partial charge in [0.25, 0.3) is 11.5 Å². The number of carbonyl (C=O) groups is 1. The number of anilines is 2. The van der Waals surface area contributed by atoms with Crippen molar-refractivity contribution in [3.05, 3.63) is 80.6 Å². The number of benzene rings is 1. The van der Waals surface area contributed by atoms with E-state index >= 15 is 0 Å². The van der Waals surface area contributed by atoms with E-state index in [2.05, 4.69) is 20.3 Å². The monoisotopic (exact) mass is 628 g/mol. The molecule has 1 saturated heterocycles. The second kappa shape index (κ2) is 11.8. The van der Waals surface area contributed by atoms with Crippen molar-refractivity contribution in [2.24, 2.45) is 7.05 Å². The molecule has 12 nitrogen and oxygen atoms in total. The Labute approximate surface area is 252 Å². The molecule has 15 heteroatoms. The number of pyridine rings is 1. The van der Waals surface area contributed by atoms with Crippen LogP contribution in [-0.4, -0.2) is 58.2 Å². The first kappa shape index (κ1) is 30.3. The highest BCUT2D eigenvalue weighted by atomic mass is 35.5. The summed E-state index contributed by atoms with van der Waals surface area (Å²) in [7, 11) is -2.16. The Morgan fingerprint density at radius 2 is 1.81 bits per heavy atom. The van der Waals surface area contributed by atoms with Crippen molar-refractivity contribution in [2.45, 2.75) is 38.6 Å². The molecule has 1 aliphatic heterocycles. The van der Waals surface area contributed by atoms with Crippen LogP contribution < -0.4 is 20.5 Å². The fourth-order valence-corrected chi connectivity index (χ4v) is 5.86. The minimum atomic E-state index is -3.85. The molecule has 1 fully saturated rings. The second-order valence-electron chi connectivity index (χ2n) is 10.6. The Hall–Kier alpha value is -4.17. The van der Waals surface area contributed by atoms with Gasteiger partial charge in [0.1, 0.15) is 11.0 Å². The zero-order valence-corrected chi connectivity index (χ0v) is 25.5. The third-order valence-electron chi connectivity index (χ3n) is 7.31. The molecule has 0 radical (unpaired) electrons. The topological polar surface area (TPSA) is 152 Å². The number of amides is 1. The maximum absolute atomic E-state index is 13.6. The van der Waals surface area contributed by atoms with E-state index in [1.807, 2.05) is 29.5 Å². The highest BCUT2D eigenvalue weighted by molar-refractivity contribution is 7.89. The molecule has 4 aromatic rings. The van der Waals surface area contributed by atoms with E-state index in [1.165, 1.54) is 29.1 Å². The molecule has 0 aliphatic carbocycles. The first-order valence-corrected chi connectivity index (χ1v) is 15.8. The summed E-state index contributed by atoms with van der Waals surface area (Å²) in [6.45, 7) is 4.91. The summed E-state index contributed by atoms with van der Waals surface area (Å²) in [5.74, 6) is -0.238. The third kappa shape index (κ3) is 6.59. The summed E-state index contributed by atoms with van der Waals surface area (Å²) in [5.41, 5.74) is 1.89. The van der Waals surface area contributed by atoms with Gasteiger partial charge in [-0.2, -0.15) is 0 Å². The van der Waals surface area contributed by atoms with Crippen LogP contribution >= 0.6 is 11.6 Å². The van der Waals surface area contributed by atoms with Crippen LogP contribution in [0.15, 0.2) is 41.5 Å². The van der Waals surface area contributed by atoms with Crippen molar-refractivity contribution in [2.75, 3.05) is 29.6 Å². The van der Waals surface area contributed by atoms with E-state index in [-0.39, 0.29) is 28.0 Å². The van der Waals surface area contributed by atoms with E-state index in [1.54, 1.807) is 13.1 Å². The molecule has 4 heterocycles. The quantitative estimate of drug-likeness (QED) is 0.291. The molecule has 43 heavy (non-hydrogen) atoms. The number of nitrogens with one attached hydrogen (secondary N) is 2. The number of fused-ring (bicyclic) bond motifs is 1. The number of halogens is 2. The molecule has 1 aliphatic rings. The fraction of sp³-hybridized carbons (Fsp3) is 0.357. The van der Waals surface area contributed by atoms with Gasteiger partial charge < -0.3 is 10.2 Å². The van der Waals surface area contributed by atoms with Gasteiger partial charge in [-0.1, -0.05) is 17.7 Å². The molecular weight excluding hydrogens is 599 g/mol. The normalized spacial score (nSPS) is 15.0. The molecule has 0 spiro atoms. The minimum absolute atomic E-state index is 0.0161. The molecule has 0 saturated carbocycles. The Morgan fingerprint density at radius 3 is 2.47 bits per heavy atom. The number of hydrogen-bond acceptors (Lipinski definition) is 10. The van der Waals surface area contributed by atoms with Crippen molar-refractivity contribution < 1.29 is 17.6 Å². The van der Waals surface area contributed by atoms with Gasteiger partial charge in [0.2, 0.25) is 16.0 Å². The van der Waals surface area contributed by atoms with Crippen LogP contribution in [0.5, 0.6) is 0 Å². The largest absolute Gasteiger partial charge is 0.377 e. The van der Waals surface area contributed by atoms with Crippen molar-refractivity contribution in [3.63, 3.8) is 0 Å². The summed E-state index contributed by atoms with van der Waals surface area (Å²) in [6.07, 6.45) is 4.62. The fourth-order valence-electron chi connectivity index (χ4n) is 5.28. The lowest BCUT2D eigenvalue weighted by Crippen LogP contribution is -2.38. The third-order valence-corrected chi connectivity index (χ3v) is 8.07. The standard InChI is InChI=1S/C28H30ClFN8O4S/c1-15-11-19(16(2)33-21-5-6-22(29)34-24(21)26(39)36-43(4,41)42)23-20(12-15)27(40)37(3)28(35-23)38-9-7-17(8-10-38)25-31-13-18(30)14-32-25/h5-6,11-14,16-17,33H,7-10H2,1-4H3,(H,36,39)/t16-/m1/s1. The lowest BCUT2D eigenvalue weighted by molar-refractivity contribution is 0.0977. The van der Waals surface area contributed by atoms with Gasteiger partial charge in [-0.25, -0.2) is 37.5 Å². The van der Waals surface area contributed by atoms with E-state index in [0.29, 0.717) is 54.2 Å². The lowest BCUT2D eigenvalue weighted by Gasteiger charge is -2.33. The summed E-state index contributed by atoms with van der Waals surface area (Å²) in [5, 5.41) is 3.68. The van der Waals surface area contributed by atoms with Gasteiger partial charge in [-0.15, -0.1) is 0 Å². The Balaban J connectivity index is 1.48. The molecule has 1 atom stereocenters. The van der Waals surface area contributed by atoms with Crippen LogP contribution in [0, 0.1) is 12.7 Å². The first-order chi connectivity index (χ1) is 20.3. The number of sulfonamides is 1. The molecule has 226 valence electrons. The second-order valence-corrected chi connectivity index (χ2v) is 12.8. The molecule has 5 rings (SSSR count). The highest BCUT2D eigenvalue weighted by Crippen LogP contribution is 2.31. The van der Waals surface area contributed by atoms with Crippen LogP contribution in [-0.2, 0) is 17.1 Å². The summed E-state index contributed by atoms with van der Waals surface area (Å²) >= 11 is 6.02. The number of piperidine rings is 1.